The van der Waals surface area contributed by atoms with E-state index in [0.717, 1.165) is 38.5 Å². The van der Waals surface area contributed by atoms with Gasteiger partial charge in [0.05, 0.1) is 10.3 Å². The van der Waals surface area contributed by atoms with Crippen LogP contribution in [0.15, 0.2) is 21.4 Å². The van der Waals surface area contributed by atoms with Gasteiger partial charge in [-0.25, -0.2) is 9.59 Å². The highest BCUT2D eigenvalue weighted by atomic mass is 32.2. The number of hydrogen-bond donors (Lipinski definition) is 1. The number of furan rings is 2. The molecule has 3 heterocycles. The molecule has 5 aliphatic rings. The van der Waals surface area contributed by atoms with Crippen LogP contribution < -0.4 is 14.2 Å². The summed E-state index contributed by atoms with van der Waals surface area (Å²) in [5, 5.41) is 0. The smallest absolute Gasteiger partial charge is 0.348 e. The average Bonchev–Trinajstić information content (AvgIpc) is 3.51. The van der Waals surface area contributed by atoms with Crippen LogP contribution in [0, 0.1) is 23.2 Å². The van der Waals surface area contributed by atoms with Gasteiger partial charge >= 0.3 is 17.9 Å². The molecule has 42 heavy (non-hydrogen) atoms. The molecule has 10 nitrogen and oxygen atoms in total. The standard InChI is InChI=1S/C31H32O10S/c1-13(2)19-8-18(42(35,36)37)9-20(14(3)4)23(19)39-28(32)22-21-24-26(40-29(21)33)27(25(22)38-24)41-30(34)31-10-15-5-16(11-31)7-17(6-15)12-31/h8-9,13-17H,5-7,10-12H2,1-4H3,(H,35,36,37). The summed E-state index contributed by atoms with van der Waals surface area (Å²) in [6.45, 7) is 7.18. The van der Waals surface area contributed by atoms with E-state index in [-0.39, 0.29) is 62.2 Å². The van der Waals surface area contributed by atoms with Crippen molar-refractivity contribution in [1.82, 2.24) is 0 Å². The van der Waals surface area contributed by atoms with Gasteiger partial charge in [-0.05, 0) is 91.4 Å². The zero-order chi connectivity index (χ0) is 29.9. The molecule has 4 fully saturated rings. The lowest BCUT2D eigenvalue weighted by Gasteiger charge is -2.55. The van der Waals surface area contributed by atoms with E-state index < -0.39 is 27.5 Å². The summed E-state index contributed by atoms with van der Waals surface area (Å²) in [5.74, 6) is -1.11. The molecular formula is C31H32O10S. The molecule has 0 radical (unpaired) electrons. The van der Waals surface area contributed by atoms with Crippen molar-refractivity contribution in [3.05, 3.63) is 34.4 Å². The average molecular weight is 597 g/mol. The van der Waals surface area contributed by atoms with Crippen molar-refractivity contribution in [2.45, 2.75) is 83.0 Å². The van der Waals surface area contributed by atoms with E-state index in [1.165, 1.54) is 12.1 Å². The summed E-state index contributed by atoms with van der Waals surface area (Å²) >= 11 is 0. The fraction of sp³-hybridized carbons (Fsp3) is 0.516. The largest absolute Gasteiger partial charge is 0.447 e. The molecule has 0 atom stereocenters. The molecule has 1 aromatic carbocycles. The van der Waals surface area contributed by atoms with Gasteiger partial charge in [-0.2, -0.15) is 8.42 Å². The van der Waals surface area contributed by atoms with Gasteiger partial charge in [0, 0.05) is 0 Å². The van der Waals surface area contributed by atoms with Crippen LogP contribution in [-0.2, 0) is 14.9 Å². The van der Waals surface area contributed by atoms with Crippen LogP contribution in [0.2, 0.25) is 0 Å². The van der Waals surface area contributed by atoms with Crippen molar-refractivity contribution in [3.8, 4) is 17.2 Å². The summed E-state index contributed by atoms with van der Waals surface area (Å²) in [4.78, 5) is 40.1. The fourth-order valence-electron chi connectivity index (χ4n) is 8.15. The van der Waals surface area contributed by atoms with Gasteiger partial charge in [-0.3, -0.25) is 9.35 Å². The summed E-state index contributed by atoms with van der Waals surface area (Å²) in [6.07, 6.45) is 5.79. The number of esters is 3. The maximum atomic E-state index is 13.8. The number of fused-ring (bicyclic) bond motifs is 1. The third-order valence-corrected chi connectivity index (χ3v) is 10.5. The van der Waals surface area contributed by atoms with E-state index in [0.29, 0.717) is 28.9 Å². The van der Waals surface area contributed by atoms with Crippen LogP contribution in [0.4, 0.5) is 0 Å². The Morgan fingerprint density at radius 1 is 0.905 bits per heavy atom. The predicted molar refractivity (Wildman–Crippen MR) is 148 cm³/mol. The van der Waals surface area contributed by atoms with E-state index in [1.807, 2.05) is 0 Å². The summed E-state index contributed by atoms with van der Waals surface area (Å²) in [7, 11) is -4.53. The quantitative estimate of drug-likeness (QED) is 0.189. The molecule has 4 aliphatic carbocycles. The molecule has 2 aromatic heterocycles. The van der Waals surface area contributed by atoms with E-state index in [1.54, 1.807) is 27.7 Å². The third kappa shape index (κ3) is 4.00. The van der Waals surface area contributed by atoms with Crippen molar-refractivity contribution in [2.24, 2.45) is 23.2 Å². The molecule has 222 valence electrons. The summed E-state index contributed by atoms with van der Waals surface area (Å²) in [6, 6.07) is 2.54. The Balaban J connectivity index is 1.26. The maximum absolute atomic E-state index is 13.8. The highest BCUT2D eigenvalue weighted by Crippen LogP contribution is 2.61. The molecule has 3 aromatic rings. The molecule has 6 bridgehead atoms. The number of ether oxygens (including phenoxy) is 3. The lowest BCUT2D eigenvalue weighted by Crippen LogP contribution is -2.51. The first-order valence-electron chi connectivity index (χ1n) is 14.5. The molecule has 1 N–H and O–H groups in total. The minimum absolute atomic E-state index is 0.00266. The Hall–Kier alpha value is -3.44. The first kappa shape index (κ1) is 27.4. The maximum Gasteiger partial charge on any atom is 0.348 e. The van der Waals surface area contributed by atoms with Crippen LogP contribution in [0.25, 0.3) is 11.2 Å². The van der Waals surface area contributed by atoms with Gasteiger partial charge in [0.1, 0.15) is 16.9 Å². The van der Waals surface area contributed by atoms with Crippen LogP contribution >= 0.6 is 0 Å². The summed E-state index contributed by atoms with van der Waals surface area (Å²) in [5.41, 5.74) is -0.167. The molecule has 0 amide bonds. The molecule has 0 saturated heterocycles. The number of carbonyl (C=O) groups is 3. The Bertz CT molecular complexity index is 1710. The van der Waals surface area contributed by atoms with Crippen molar-refractivity contribution in [3.63, 3.8) is 0 Å². The minimum atomic E-state index is -4.53. The Labute approximate surface area is 242 Å². The topological polar surface area (TPSA) is 146 Å². The van der Waals surface area contributed by atoms with Gasteiger partial charge in [0.2, 0.25) is 11.5 Å². The second-order valence-electron chi connectivity index (χ2n) is 13.3. The van der Waals surface area contributed by atoms with E-state index in [4.69, 9.17) is 18.6 Å². The van der Waals surface area contributed by atoms with Gasteiger partial charge < -0.3 is 18.6 Å². The van der Waals surface area contributed by atoms with E-state index >= 15 is 0 Å². The van der Waals surface area contributed by atoms with Crippen molar-refractivity contribution < 1.29 is 46.0 Å². The Morgan fingerprint density at radius 2 is 1.45 bits per heavy atom. The monoisotopic (exact) mass is 596 g/mol. The highest BCUT2D eigenvalue weighted by Gasteiger charge is 2.56. The molecule has 11 heteroatoms. The molecule has 4 saturated carbocycles. The lowest BCUT2D eigenvalue weighted by molar-refractivity contribution is -0.161. The predicted octanol–water partition coefficient (Wildman–Crippen LogP) is 6.24. The van der Waals surface area contributed by atoms with Gasteiger partial charge in [-0.15, -0.1) is 0 Å². The number of benzene rings is 2. The van der Waals surface area contributed by atoms with Crippen LogP contribution in [0.3, 0.4) is 0 Å². The van der Waals surface area contributed by atoms with Crippen LogP contribution in [0.5, 0.6) is 17.2 Å². The van der Waals surface area contributed by atoms with Gasteiger partial charge in [0.15, 0.2) is 11.2 Å². The third-order valence-electron chi connectivity index (χ3n) is 9.65. The number of carbonyl (C=O) groups excluding carboxylic acids is 3. The summed E-state index contributed by atoms with van der Waals surface area (Å²) < 4.78 is 56.7. The van der Waals surface area contributed by atoms with Crippen molar-refractivity contribution in [2.75, 3.05) is 0 Å². The van der Waals surface area contributed by atoms with E-state index in [2.05, 4.69) is 0 Å². The van der Waals surface area contributed by atoms with Crippen molar-refractivity contribution >= 4 is 39.2 Å². The Morgan fingerprint density at radius 3 is 1.95 bits per heavy atom. The fourth-order valence-corrected chi connectivity index (χ4v) is 8.70. The molecular weight excluding hydrogens is 564 g/mol. The highest BCUT2D eigenvalue weighted by molar-refractivity contribution is 7.85. The molecule has 8 rings (SSSR count). The second-order valence-corrected chi connectivity index (χ2v) is 14.7. The Kier molecular flexibility index (Phi) is 5.89. The first-order chi connectivity index (χ1) is 19.8. The molecule has 1 aliphatic heterocycles. The SMILES string of the molecule is CC(C)c1cc(S(=O)(=O)O)cc(C(C)C)c1OC(=O)c1c2c3oc1c(OC(=O)C14CC5CC(CC(C5)C1)C4)c3OC2=O. The normalized spacial score (nSPS) is 26.1. The van der Waals surface area contributed by atoms with Crippen LogP contribution in [-0.4, -0.2) is 30.9 Å². The zero-order valence-corrected chi connectivity index (χ0v) is 24.6. The second kappa shape index (κ2) is 9.03. The first-order valence-corrected chi connectivity index (χ1v) is 15.9. The van der Waals surface area contributed by atoms with Gasteiger partial charge in [0.25, 0.3) is 10.1 Å². The minimum Gasteiger partial charge on any atom is -0.447 e. The van der Waals surface area contributed by atoms with Crippen LogP contribution in [0.1, 0.15) is 110 Å². The van der Waals surface area contributed by atoms with Gasteiger partial charge in [-0.1, -0.05) is 27.7 Å². The lowest BCUT2D eigenvalue weighted by atomic mass is 9.49. The van der Waals surface area contributed by atoms with E-state index in [9.17, 15) is 27.4 Å². The number of hydrogen-bond acceptors (Lipinski definition) is 9. The van der Waals surface area contributed by atoms with Crippen molar-refractivity contribution in [1.29, 1.82) is 0 Å². The molecule has 0 unspecified atom stereocenters. The zero-order valence-electron chi connectivity index (χ0n) is 23.8. The molecule has 0 spiro atoms. The number of rotatable bonds is 7.